The predicted molar refractivity (Wildman–Crippen MR) is 193 cm³/mol. The first kappa shape index (κ1) is 42.0. The van der Waals surface area contributed by atoms with E-state index in [1.54, 1.807) is 0 Å². The van der Waals surface area contributed by atoms with E-state index in [9.17, 15) is 10.2 Å². The van der Waals surface area contributed by atoms with Gasteiger partial charge >= 0.3 is 11.9 Å². The number of para-hydroxylation sites is 4. The zero-order valence-electron chi connectivity index (χ0n) is 30.5. The van der Waals surface area contributed by atoms with Crippen LogP contribution in [0.1, 0.15) is 13.8 Å². The van der Waals surface area contributed by atoms with Gasteiger partial charge in [-0.15, -0.1) is 0 Å². The van der Waals surface area contributed by atoms with Crippen LogP contribution in [0.5, 0.6) is 23.0 Å². The van der Waals surface area contributed by atoms with Gasteiger partial charge in [0.1, 0.15) is 38.6 Å². The SMILES string of the molecule is C/C(=N\OCC(O)CN1CCOCC1)C1COc2ccccc2O1.C/C(=N\OCC(O)CN1CCOCC1)C1COc2ccccc2O1.O=C(O)C(=O)O. The maximum Gasteiger partial charge on any atom is 0.414 e. The Morgan fingerprint density at radius 3 is 1.37 bits per heavy atom. The number of rotatable bonds is 12. The van der Waals surface area contributed by atoms with Gasteiger partial charge < -0.3 is 58.5 Å². The molecular formula is C36H50N4O14. The molecule has 0 bridgehead atoms. The van der Waals surface area contributed by atoms with Crippen LogP contribution in [-0.2, 0) is 28.7 Å². The highest BCUT2D eigenvalue weighted by molar-refractivity contribution is 6.27. The lowest BCUT2D eigenvalue weighted by Gasteiger charge is -2.28. The van der Waals surface area contributed by atoms with Gasteiger partial charge in [-0.05, 0) is 38.1 Å². The van der Waals surface area contributed by atoms with E-state index >= 15 is 0 Å². The van der Waals surface area contributed by atoms with Gasteiger partial charge in [0.15, 0.2) is 35.2 Å². The van der Waals surface area contributed by atoms with Gasteiger partial charge in [0.05, 0.1) is 37.9 Å². The van der Waals surface area contributed by atoms with Crippen LogP contribution in [0.25, 0.3) is 0 Å². The molecule has 4 atom stereocenters. The fourth-order valence-corrected chi connectivity index (χ4v) is 5.29. The number of aliphatic carboxylic acids is 2. The summed E-state index contributed by atoms with van der Waals surface area (Å²) in [5.41, 5.74) is 1.37. The molecule has 0 amide bonds. The number of benzene rings is 2. The van der Waals surface area contributed by atoms with Gasteiger partial charge in [0.25, 0.3) is 0 Å². The lowest BCUT2D eigenvalue weighted by atomic mass is 10.2. The Balaban J connectivity index is 0.000000209. The summed E-state index contributed by atoms with van der Waals surface area (Å²) in [6.07, 6.45) is -1.72. The number of hydrogen-bond donors (Lipinski definition) is 4. The van der Waals surface area contributed by atoms with Gasteiger partial charge in [-0.2, -0.15) is 0 Å². The van der Waals surface area contributed by atoms with Crippen LogP contribution in [0.15, 0.2) is 58.8 Å². The standard InChI is InChI=1S/2C17H24N2O5.C2H2O4/c2*1-13(17-12-22-15-4-2-3-5-16(15)24-17)18-23-11-14(20)10-19-6-8-21-9-7-19;3-1(4)2(5)6/h2*2-5,14,17,20H,6-12H2,1H3;(H,3,4)(H,5,6)/b2*18-13+;. The van der Waals surface area contributed by atoms with E-state index < -0.39 is 24.1 Å². The molecule has 54 heavy (non-hydrogen) atoms. The van der Waals surface area contributed by atoms with Gasteiger partial charge in [-0.3, -0.25) is 9.80 Å². The molecule has 2 aromatic rings. The average Bonchev–Trinajstić information content (AvgIpc) is 3.18. The van der Waals surface area contributed by atoms with Gasteiger partial charge in [-0.1, -0.05) is 34.6 Å². The first-order chi connectivity index (χ1) is 26.1. The molecule has 4 aliphatic heterocycles. The first-order valence-electron chi connectivity index (χ1n) is 17.6. The van der Waals surface area contributed by atoms with Crippen LogP contribution in [-0.4, -0.2) is 170 Å². The van der Waals surface area contributed by atoms with Crippen molar-refractivity contribution >= 4 is 23.4 Å². The number of ether oxygens (including phenoxy) is 6. The van der Waals surface area contributed by atoms with Crippen molar-refractivity contribution in [3.8, 4) is 23.0 Å². The molecule has 4 N–H and O–H groups in total. The number of aliphatic hydroxyl groups is 2. The van der Waals surface area contributed by atoms with Crippen LogP contribution in [0.3, 0.4) is 0 Å². The summed E-state index contributed by atoms with van der Waals surface area (Å²) in [7, 11) is 0. The number of aliphatic hydroxyl groups excluding tert-OH is 2. The molecule has 0 aromatic heterocycles. The van der Waals surface area contributed by atoms with E-state index in [4.69, 9.17) is 57.9 Å². The molecule has 4 heterocycles. The number of hydrogen-bond acceptors (Lipinski definition) is 16. The Kier molecular flexibility index (Phi) is 17.5. The Bertz CT molecular complexity index is 1400. The Labute approximate surface area is 313 Å². The summed E-state index contributed by atoms with van der Waals surface area (Å²) in [6.45, 7) is 12.1. The van der Waals surface area contributed by atoms with Crippen molar-refractivity contribution in [2.45, 2.75) is 38.3 Å². The number of carboxylic acid groups (broad SMARTS) is 2. The molecule has 2 saturated heterocycles. The summed E-state index contributed by atoms with van der Waals surface area (Å²) < 4.78 is 33.6. The molecule has 0 aliphatic carbocycles. The number of carbonyl (C=O) groups is 2. The fraction of sp³-hybridized carbons (Fsp3) is 0.556. The number of β-amino-alcohol motifs (C(OH)–C–C–N with tert-alkyl or cyclic N) is 2. The van der Waals surface area contributed by atoms with Gasteiger partial charge in [-0.25, -0.2) is 9.59 Å². The van der Waals surface area contributed by atoms with Crippen molar-refractivity contribution in [1.82, 2.24) is 9.80 Å². The minimum absolute atomic E-state index is 0.152. The monoisotopic (exact) mass is 762 g/mol. The van der Waals surface area contributed by atoms with Crippen LogP contribution in [0.2, 0.25) is 0 Å². The highest BCUT2D eigenvalue weighted by atomic mass is 16.6. The topological polar surface area (TPSA) is 220 Å². The van der Waals surface area contributed by atoms with E-state index in [1.165, 1.54) is 0 Å². The number of nitrogens with zero attached hydrogens (tertiary/aromatic N) is 4. The zero-order chi connectivity index (χ0) is 38.7. The Hall–Kier alpha value is -4.72. The maximum atomic E-state index is 10.0. The Morgan fingerprint density at radius 1 is 0.667 bits per heavy atom. The van der Waals surface area contributed by atoms with Crippen LogP contribution >= 0.6 is 0 Å². The fourth-order valence-electron chi connectivity index (χ4n) is 5.29. The second-order valence-corrected chi connectivity index (χ2v) is 12.5. The number of morpholine rings is 2. The lowest BCUT2D eigenvalue weighted by molar-refractivity contribution is -0.159. The summed E-state index contributed by atoms with van der Waals surface area (Å²) in [5, 5.41) is 43.0. The maximum absolute atomic E-state index is 10.0. The molecule has 4 unspecified atom stereocenters. The summed E-state index contributed by atoms with van der Waals surface area (Å²) in [6, 6.07) is 15.1. The third-order valence-electron chi connectivity index (χ3n) is 8.23. The zero-order valence-corrected chi connectivity index (χ0v) is 30.5. The van der Waals surface area contributed by atoms with Crippen molar-refractivity contribution < 1.29 is 68.1 Å². The molecule has 2 aromatic carbocycles. The normalized spacial score (nSPS) is 21.2. The minimum Gasteiger partial charge on any atom is -0.485 e. The molecule has 4 aliphatic rings. The molecule has 18 heteroatoms. The largest absolute Gasteiger partial charge is 0.485 e. The Morgan fingerprint density at radius 2 is 1.02 bits per heavy atom. The summed E-state index contributed by atoms with van der Waals surface area (Å²) in [5.74, 6) is -0.761. The van der Waals surface area contributed by atoms with Crippen molar-refractivity contribution in [2.75, 3.05) is 92.1 Å². The number of fused-ring (bicyclic) bond motifs is 2. The smallest absolute Gasteiger partial charge is 0.414 e. The molecule has 298 valence electrons. The van der Waals surface area contributed by atoms with Gasteiger partial charge in [0, 0.05) is 39.3 Å². The highest BCUT2D eigenvalue weighted by Crippen LogP contribution is 2.32. The average molecular weight is 763 g/mol. The highest BCUT2D eigenvalue weighted by Gasteiger charge is 2.25. The second kappa shape index (κ2) is 22.5. The molecule has 0 saturated carbocycles. The molecule has 2 fully saturated rings. The predicted octanol–water partition coefficient (Wildman–Crippen LogP) is 0.980. The number of oxime groups is 2. The molecule has 0 spiro atoms. The third kappa shape index (κ3) is 14.6. The van der Waals surface area contributed by atoms with Crippen molar-refractivity contribution in [2.24, 2.45) is 10.3 Å². The third-order valence-corrected chi connectivity index (χ3v) is 8.23. The van der Waals surface area contributed by atoms with E-state index in [-0.39, 0.29) is 25.4 Å². The summed E-state index contributed by atoms with van der Waals surface area (Å²) >= 11 is 0. The summed E-state index contributed by atoms with van der Waals surface area (Å²) in [4.78, 5) is 33.1. The van der Waals surface area contributed by atoms with E-state index in [1.807, 2.05) is 62.4 Å². The molecule has 0 radical (unpaired) electrons. The van der Waals surface area contributed by atoms with Crippen LogP contribution in [0, 0.1) is 0 Å². The van der Waals surface area contributed by atoms with E-state index in [0.29, 0.717) is 75.7 Å². The number of carboxylic acids is 2. The van der Waals surface area contributed by atoms with Crippen LogP contribution in [0.4, 0.5) is 0 Å². The van der Waals surface area contributed by atoms with Crippen molar-refractivity contribution in [3.63, 3.8) is 0 Å². The van der Waals surface area contributed by atoms with Crippen molar-refractivity contribution in [3.05, 3.63) is 48.5 Å². The van der Waals surface area contributed by atoms with Crippen molar-refractivity contribution in [1.29, 1.82) is 0 Å². The molecular weight excluding hydrogens is 712 g/mol. The van der Waals surface area contributed by atoms with Gasteiger partial charge in [0.2, 0.25) is 0 Å². The molecule has 6 rings (SSSR count). The lowest BCUT2D eigenvalue weighted by Crippen LogP contribution is -2.42. The first-order valence-corrected chi connectivity index (χ1v) is 17.6. The minimum atomic E-state index is -1.82. The van der Waals surface area contributed by atoms with E-state index in [2.05, 4.69) is 20.1 Å². The quantitative estimate of drug-likeness (QED) is 0.135. The van der Waals surface area contributed by atoms with E-state index in [0.717, 1.165) is 37.7 Å². The second-order valence-electron chi connectivity index (χ2n) is 12.5. The van der Waals surface area contributed by atoms with Crippen LogP contribution < -0.4 is 18.9 Å². The molecule has 18 nitrogen and oxygen atoms in total.